The molecule has 2 aromatic rings. The Balaban J connectivity index is 1.55. The lowest BCUT2D eigenvalue weighted by Gasteiger charge is -2.34. The van der Waals surface area contributed by atoms with Gasteiger partial charge >= 0.3 is 0 Å². The van der Waals surface area contributed by atoms with E-state index >= 15 is 0 Å². The van der Waals surface area contributed by atoms with Crippen LogP contribution < -0.4 is 11.1 Å². The number of nitrogens with one attached hydrogen (secondary N) is 1. The number of carbonyl (C=O) groups excluding carboxylic acids is 2. The van der Waals surface area contributed by atoms with E-state index in [2.05, 4.69) is 5.32 Å². The Labute approximate surface area is 160 Å². The number of benzene rings is 2. The lowest BCUT2D eigenvalue weighted by molar-refractivity contribution is -0.127. The Morgan fingerprint density at radius 1 is 1.04 bits per heavy atom. The SMILES string of the molecule is Cc1ccc(C(=O)N2CCC(NC(=O)C(C)(N)c3ccccc3)CC2)cc1. The van der Waals surface area contributed by atoms with E-state index < -0.39 is 5.54 Å². The van der Waals surface area contributed by atoms with Gasteiger partial charge in [-0.05, 0) is 44.4 Å². The van der Waals surface area contributed by atoms with E-state index in [-0.39, 0.29) is 17.9 Å². The number of aryl methyl sites for hydroxylation is 1. The van der Waals surface area contributed by atoms with E-state index in [1.54, 1.807) is 6.92 Å². The average Bonchev–Trinajstić information content (AvgIpc) is 2.69. The monoisotopic (exact) mass is 365 g/mol. The van der Waals surface area contributed by atoms with Crippen LogP contribution in [0.4, 0.5) is 0 Å². The van der Waals surface area contributed by atoms with Crippen LogP contribution in [0.5, 0.6) is 0 Å². The van der Waals surface area contributed by atoms with Gasteiger partial charge in [-0.2, -0.15) is 0 Å². The molecular weight excluding hydrogens is 338 g/mol. The van der Waals surface area contributed by atoms with Crippen molar-refractivity contribution in [2.45, 2.75) is 38.3 Å². The third kappa shape index (κ3) is 4.37. The number of carbonyl (C=O) groups is 2. The number of hydrogen-bond donors (Lipinski definition) is 2. The van der Waals surface area contributed by atoms with Gasteiger partial charge < -0.3 is 16.0 Å². The summed E-state index contributed by atoms with van der Waals surface area (Å²) in [5, 5.41) is 3.06. The topological polar surface area (TPSA) is 75.4 Å². The molecule has 0 spiro atoms. The highest BCUT2D eigenvalue weighted by atomic mass is 16.2. The quantitative estimate of drug-likeness (QED) is 0.874. The first kappa shape index (κ1) is 19.1. The molecule has 0 aliphatic carbocycles. The van der Waals surface area contributed by atoms with Crippen LogP contribution in [-0.2, 0) is 10.3 Å². The standard InChI is InChI=1S/C22H27N3O2/c1-16-8-10-17(11-9-16)20(26)25-14-12-19(13-15-25)24-21(27)22(2,23)18-6-4-3-5-7-18/h3-11,19H,12-15,23H2,1-2H3,(H,24,27). The zero-order valence-electron chi connectivity index (χ0n) is 15.9. The zero-order valence-corrected chi connectivity index (χ0v) is 15.9. The summed E-state index contributed by atoms with van der Waals surface area (Å²) in [5.74, 6) is -0.135. The fourth-order valence-corrected chi connectivity index (χ4v) is 3.36. The van der Waals surface area contributed by atoms with Crippen molar-refractivity contribution >= 4 is 11.8 Å². The van der Waals surface area contributed by atoms with Gasteiger partial charge in [0.05, 0.1) is 0 Å². The van der Waals surface area contributed by atoms with E-state index in [0.717, 1.165) is 24.0 Å². The summed E-state index contributed by atoms with van der Waals surface area (Å²) < 4.78 is 0. The molecule has 1 atom stereocenters. The van der Waals surface area contributed by atoms with Crippen LogP contribution in [0.2, 0.25) is 0 Å². The van der Waals surface area contributed by atoms with E-state index in [1.165, 1.54) is 0 Å². The van der Waals surface area contributed by atoms with Crippen molar-refractivity contribution in [2.75, 3.05) is 13.1 Å². The second kappa shape index (κ2) is 7.92. The van der Waals surface area contributed by atoms with Crippen molar-refractivity contribution in [3.63, 3.8) is 0 Å². The molecule has 5 heteroatoms. The smallest absolute Gasteiger partial charge is 0.253 e. The molecule has 1 heterocycles. The third-order valence-corrected chi connectivity index (χ3v) is 5.26. The van der Waals surface area contributed by atoms with Crippen molar-refractivity contribution in [1.29, 1.82) is 0 Å². The van der Waals surface area contributed by atoms with Crippen LogP contribution in [-0.4, -0.2) is 35.8 Å². The van der Waals surface area contributed by atoms with Gasteiger partial charge in [-0.3, -0.25) is 9.59 Å². The maximum absolute atomic E-state index is 12.7. The van der Waals surface area contributed by atoms with Gasteiger partial charge in [0.1, 0.15) is 5.54 Å². The van der Waals surface area contributed by atoms with Crippen LogP contribution in [0.25, 0.3) is 0 Å². The molecule has 0 radical (unpaired) electrons. The number of nitrogens with two attached hydrogens (primary N) is 1. The number of rotatable bonds is 4. The largest absolute Gasteiger partial charge is 0.351 e. The van der Waals surface area contributed by atoms with Gasteiger partial charge in [0.15, 0.2) is 0 Å². The summed E-state index contributed by atoms with van der Waals surface area (Å²) in [6, 6.07) is 17.1. The number of piperidine rings is 1. The Hall–Kier alpha value is -2.66. The molecule has 142 valence electrons. The Morgan fingerprint density at radius 3 is 2.22 bits per heavy atom. The molecule has 1 aliphatic rings. The van der Waals surface area contributed by atoms with Crippen LogP contribution in [0.15, 0.2) is 54.6 Å². The van der Waals surface area contributed by atoms with Crippen LogP contribution in [0.3, 0.4) is 0 Å². The second-order valence-corrected chi connectivity index (χ2v) is 7.47. The first-order valence-corrected chi connectivity index (χ1v) is 9.39. The summed E-state index contributed by atoms with van der Waals surface area (Å²) in [5.41, 5.74) is 7.84. The molecule has 2 amide bonds. The first-order valence-electron chi connectivity index (χ1n) is 9.39. The van der Waals surface area contributed by atoms with E-state index in [9.17, 15) is 9.59 Å². The molecular formula is C22H27N3O2. The van der Waals surface area contributed by atoms with E-state index in [0.29, 0.717) is 18.7 Å². The fraction of sp³-hybridized carbons (Fsp3) is 0.364. The number of likely N-dealkylation sites (tertiary alicyclic amines) is 1. The molecule has 0 aromatic heterocycles. The molecule has 1 fully saturated rings. The Morgan fingerprint density at radius 2 is 1.63 bits per heavy atom. The number of amides is 2. The van der Waals surface area contributed by atoms with Gasteiger partial charge in [-0.15, -0.1) is 0 Å². The molecule has 3 N–H and O–H groups in total. The summed E-state index contributed by atoms with van der Waals surface area (Å²) >= 11 is 0. The van der Waals surface area contributed by atoms with Gasteiger partial charge in [0, 0.05) is 24.7 Å². The summed E-state index contributed by atoms with van der Waals surface area (Å²) in [6.07, 6.45) is 1.46. The first-order chi connectivity index (χ1) is 12.9. The molecule has 1 aliphatic heterocycles. The molecule has 3 rings (SSSR count). The van der Waals surface area contributed by atoms with E-state index in [1.807, 2.05) is 66.4 Å². The van der Waals surface area contributed by atoms with Gasteiger partial charge in [-0.1, -0.05) is 48.0 Å². The normalized spacial score (nSPS) is 17.2. The van der Waals surface area contributed by atoms with Gasteiger partial charge in [0.25, 0.3) is 5.91 Å². The maximum Gasteiger partial charge on any atom is 0.253 e. The van der Waals surface area contributed by atoms with Crippen molar-refractivity contribution in [3.05, 3.63) is 71.3 Å². The van der Waals surface area contributed by atoms with Crippen LogP contribution in [0.1, 0.15) is 41.3 Å². The Kier molecular flexibility index (Phi) is 5.61. The van der Waals surface area contributed by atoms with Crippen molar-refractivity contribution in [2.24, 2.45) is 5.73 Å². The van der Waals surface area contributed by atoms with E-state index in [4.69, 9.17) is 5.73 Å². The summed E-state index contributed by atoms with van der Waals surface area (Å²) in [4.78, 5) is 27.1. The minimum absolute atomic E-state index is 0.0335. The predicted octanol–water partition coefficient (Wildman–Crippen LogP) is 2.59. The van der Waals surface area contributed by atoms with Crippen molar-refractivity contribution in [1.82, 2.24) is 10.2 Å². The fourth-order valence-electron chi connectivity index (χ4n) is 3.36. The van der Waals surface area contributed by atoms with Crippen LogP contribution >= 0.6 is 0 Å². The lowest BCUT2D eigenvalue weighted by Crippen LogP contribution is -2.54. The second-order valence-electron chi connectivity index (χ2n) is 7.47. The van der Waals surface area contributed by atoms with Crippen molar-refractivity contribution in [3.8, 4) is 0 Å². The molecule has 2 aromatic carbocycles. The molecule has 0 saturated carbocycles. The Bertz CT molecular complexity index is 792. The minimum Gasteiger partial charge on any atom is -0.351 e. The minimum atomic E-state index is -1.07. The zero-order chi connectivity index (χ0) is 19.4. The molecule has 5 nitrogen and oxygen atoms in total. The number of hydrogen-bond acceptors (Lipinski definition) is 3. The summed E-state index contributed by atoms with van der Waals surface area (Å²) in [6.45, 7) is 4.99. The highest BCUT2D eigenvalue weighted by molar-refractivity contribution is 5.94. The highest BCUT2D eigenvalue weighted by Crippen LogP contribution is 2.20. The van der Waals surface area contributed by atoms with Crippen LogP contribution in [0, 0.1) is 6.92 Å². The highest BCUT2D eigenvalue weighted by Gasteiger charge is 2.33. The van der Waals surface area contributed by atoms with Crippen molar-refractivity contribution < 1.29 is 9.59 Å². The third-order valence-electron chi connectivity index (χ3n) is 5.26. The average molecular weight is 365 g/mol. The summed E-state index contributed by atoms with van der Waals surface area (Å²) in [7, 11) is 0. The van der Waals surface area contributed by atoms with Gasteiger partial charge in [-0.25, -0.2) is 0 Å². The lowest BCUT2D eigenvalue weighted by atomic mass is 9.91. The molecule has 0 bridgehead atoms. The molecule has 27 heavy (non-hydrogen) atoms. The maximum atomic E-state index is 12.7. The number of nitrogens with zero attached hydrogens (tertiary/aromatic N) is 1. The van der Waals surface area contributed by atoms with Gasteiger partial charge in [0.2, 0.25) is 5.91 Å². The molecule has 1 unspecified atom stereocenters. The predicted molar refractivity (Wildman–Crippen MR) is 106 cm³/mol. The molecule has 1 saturated heterocycles.